The smallest absolute Gasteiger partial charge is 0.165 e. The van der Waals surface area contributed by atoms with Crippen LogP contribution in [0.1, 0.15) is 11.1 Å². The van der Waals surface area contributed by atoms with Gasteiger partial charge in [0.2, 0.25) is 0 Å². The molecule has 2 aromatic rings. The van der Waals surface area contributed by atoms with E-state index in [4.69, 9.17) is 4.84 Å². The number of oxime groups is 1. The molecule has 0 bridgehead atoms. The highest BCUT2D eigenvalue weighted by molar-refractivity contribution is 9.10. The molecule has 0 spiro atoms. The predicted octanol–water partition coefficient (Wildman–Crippen LogP) is 4.28. The minimum Gasteiger partial charge on any atom is -0.391 e. The molecule has 0 radical (unpaired) electrons. The van der Waals surface area contributed by atoms with Crippen molar-refractivity contribution in [2.75, 3.05) is 0 Å². The molecule has 0 heterocycles. The minimum atomic E-state index is -0.903. The van der Waals surface area contributed by atoms with Crippen molar-refractivity contribution < 1.29 is 13.6 Å². The van der Waals surface area contributed by atoms with Gasteiger partial charge in [-0.15, -0.1) is 0 Å². The third-order valence-corrected chi connectivity index (χ3v) is 2.87. The molecule has 0 aromatic heterocycles. The van der Waals surface area contributed by atoms with Crippen LogP contribution in [-0.2, 0) is 11.4 Å². The lowest BCUT2D eigenvalue weighted by molar-refractivity contribution is 0.129. The van der Waals surface area contributed by atoms with Crippen molar-refractivity contribution in [3.63, 3.8) is 0 Å². The van der Waals surface area contributed by atoms with Crippen LogP contribution < -0.4 is 0 Å². The van der Waals surface area contributed by atoms with E-state index in [0.29, 0.717) is 0 Å². The average molecular weight is 326 g/mol. The zero-order valence-electron chi connectivity index (χ0n) is 9.82. The SMILES string of the molecule is Fc1cccc(CON=Cc2cccc(Br)c2)c1F. The first kappa shape index (κ1) is 13.7. The van der Waals surface area contributed by atoms with E-state index < -0.39 is 11.6 Å². The second-order valence-corrected chi connectivity index (χ2v) is 4.69. The standard InChI is InChI=1S/C14H10BrF2NO/c15-12-5-1-3-10(7-12)8-18-19-9-11-4-2-6-13(16)14(11)17/h1-8H,9H2. The number of hydrogen-bond acceptors (Lipinski definition) is 2. The molecule has 0 fully saturated rings. The summed E-state index contributed by atoms with van der Waals surface area (Å²) in [5.41, 5.74) is 0.973. The van der Waals surface area contributed by atoms with Crippen molar-refractivity contribution in [3.05, 3.63) is 69.7 Å². The summed E-state index contributed by atoms with van der Waals surface area (Å²) in [4.78, 5) is 4.95. The minimum absolute atomic E-state index is 0.117. The third kappa shape index (κ3) is 3.86. The molecule has 0 unspecified atom stereocenters. The van der Waals surface area contributed by atoms with Crippen molar-refractivity contribution in [1.82, 2.24) is 0 Å². The van der Waals surface area contributed by atoms with E-state index in [1.54, 1.807) is 0 Å². The maximum absolute atomic E-state index is 13.3. The van der Waals surface area contributed by atoms with E-state index in [-0.39, 0.29) is 12.2 Å². The molecule has 0 saturated heterocycles. The zero-order chi connectivity index (χ0) is 13.7. The lowest BCUT2D eigenvalue weighted by Gasteiger charge is -2.02. The highest BCUT2D eigenvalue weighted by Gasteiger charge is 2.07. The predicted molar refractivity (Wildman–Crippen MR) is 72.9 cm³/mol. The summed E-state index contributed by atoms with van der Waals surface area (Å²) in [6.45, 7) is -0.117. The summed E-state index contributed by atoms with van der Waals surface area (Å²) in [6.07, 6.45) is 1.50. The fraction of sp³-hybridized carbons (Fsp3) is 0.0714. The Morgan fingerprint density at radius 3 is 2.74 bits per heavy atom. The highest BCUT2D eigenvalue weighted by atomic mass is 79.9. The maximum Gasteiger partial charge on any atom is 0.165 e. The molecule has 0 saturated carbocycles. The van der Waals surface area contributed by atoms with Crippen molar-refractivity contribution in [2.45, 2.75) is 6.61 Å². The van der Waals surface area contributed by atoms with Crippen LogP contribution in [0.3, 0.4) is 0 Å². The lowest BCUT2D eigenvalue weighted by Crippen LogP contribution is -1.95. The number of halogens is 3. The Labute approximate surface area is 117 Å². The van der Waals surface area contributed by atoms with E-state index in [9.17, 15) is 8.78 Å². The number of rotatable bonds is 4. The summed E-state index contributed by atoms with van der Waals surface area (Å²) < 4.78 is 27.1. The van der Waals surface area contributed by atoms with Gasteiger partial charge in [0, 0.05) is 10.0 Å². The van der Waals surface area contributed by atoms with E-state index in [0.717, 1.165) is 16.1 Å². The van der Waals surface area contributed by atoms with Gasteiger partial charge in [0.25, 0.3) is 0 Å². The van der Waals surface area contributed by atoms with E-state index in [2.05, 4.69) is 21.1 Å². The Kier molecular flexibility index (Phi) is 4.63. The number of nitrogens with zero attached hydrogens (tertiary/aromatic N) is 1. The van der Waals surface area contributed by atoms with Gasteiger partial charge in [0.05, 0.1) is 6.21 Å². The molecule has 0 amide bonds. The Morgan fingerprint density at radius 1 is 1.16 bits per heavy atom. The van der Waals surface area contributed by atoms with Gasteiger partial charge in [-0.25, -0.2) is 8.78 Å². The molecule has 2 rings (SSSR count). The van der Waals surface area contributed by atoms with Gasteiger partial charge in [-0.3, -0.25) is 0 Å². The molecular formula is C14H10BrF2NO. The normalized spacial score (nSPS) is 10.9. The van der Waals surface area contributed by atoms with Gasteiger partial charge in [-0.05, 0) is 23.8 Å². The molecule has 0 aliphatic carbocycles. The van der Waals surface area contributed by atoms with Gasteiger partial charge >= 0.3 is 0 Å². The van der Waals surface area contributed by atoms with Gasteiger partial charge in [-0.1, -0.05) is 45.4 Å². The lowest BCUT2D eigenvalue weighted by atomic mass is 10.2. The molecule has 2 aromatic carbocycles. The summed E-state index contributed by atoms with van der Waals surface area (Å²) in [5.74, 6) is -1.79. The monoisotopic (exact) mass is 325 g/mol. The molecule has 5 heteroatoms. The summed E-state index contributed by atoms with van der Waals surface area (Å²) in [7, 11) is 0. The molecule has 0 aliphatic rings. The summed E-state index contributed by atoms with van der Waals surface area (Å²) in [6, 6.07) is 11.4. The van der Waals surface area contributed by atoms with Crippen molar-refractivity contribution >= 4 is 22.1 Å². The Morgan fingerprint density at radius 2 is 1.95 bits per heavy atom. The highest BCUT2D eigenvalue weighted by Crippen LogP contribution is 2.13. The molecule has 0 N–H and O–H groups in total. The molecule has 98 valence electrons. The number of hydrogen-bond donors (Lipinski definition) is 0. The molecule has 0 atom stereocenters. The second-order valence-electron chi connectivity index (χ2n) is 3.78. The topological polar surface area (TPSA) is 21.6 Å². The van der Waals surface area contributed by atoms with Crippen LogP contribution >= 0.6 is 15.9 Å². The quantitative estimate of drug-likeness (QED) is 0.607. The maximum atomic E-state index is 13.3. The fourth-order valence-corrected chi connectivity index (χ4v) is 1.87. The van der Waals surface area contributed by atoms with Crippen molar-refractivity contribution in [2.24, 2.45) is 5.16 Å². The summed E-state index contributed by atoms with van der Waals surface area (Å²) >= 11 is 3.33. The molecule has 0 aliphatic heterocycles. The van der Waals surface area contributed by atoms with E-state index >= 15 is 0 Å². The molecule has 19 heavy (non-hydrogen) atoms. The Hall–Kier alpha value is -1.75. The van der Waals surface area contributed by atoms with Crippen molar-refractivity contribution in [3.8, 4) is 0 Å². The molecule has 2 nitrogen and oxygen atoms in total. The van der Waals surface area contributed by atoms with Gasteiger partial charge in [0.15, 0.2) is 11.6 Å². The zero-order valence-corrected chi connectivity index (χ0v) is 11.4. The van der Waals surface area contributed by atoms with Gasteiger partial charge in [0.1, 0.15) is 6.61 Å². The molecular weight excluding hydrogens is 316 g/mol. The van der Waals surface area contributed by atoms with Crippen LogP contribution in [-0.4, -0.2) is 6.21 Å². The first-order chi connectivity index (χ1) is 9.16. The summed E-state index contributed by atoms with van der Waals surface area (Å²) in [5, 5.41) is 3.71. The van der Waals surface area contributed by atoms with Crippen LogP contribution in [0.15, 0.2) is 52.1 Å². The van der Waals surface area contributed by atoms with Crippen LogP contribution in [0.4, 0.5) is 8.78 Å². The first-order valence-corrected chi connectivity index (χ1v) is 6.30. The largest absolute Gasteiger partial charge is 0.391 e. The third-order valence-electron chi connectivity index (χ3n) is 2.38. The van der Waals surface area contributed by atoms with Gasteiger partial charge < -0.3 is 4.84 Å². The Balaban J connectivity index is 1.95. The van der Waals surface area contributed by atoms with E-state index in [1.165, 1.54) is 18.3 Å². The Bertz CT molecular complexity index is 602. The average Bonchev–Trinajstić information content (AvgIpc) is 2.39. The van der Waals surface area contributed by atoms with Crippen LogP contribution in [0.5, 0.6) is 0 Å². The van der Waals surface area contributed by atoms with Crippen LogP contribution in [0, 0.1) is 11.6 Å². The second kappa shape index (κ2) is 6.43. The van der Waals surface area contributed by atoms with E-state index in [1.807, 2.05) is 24.3 Å². The van der Waals surface area contributed by atoms with Crippen LogP contribution in [0.2, 0.25) is 0 Å². The first-order valence-electron chi connectivity index (χ1n) is 5.50. The fourth-order valence-electron chi connectivity index (χ4n) is 1.45. The van der Waals surface area contributed by atoms with Crippen molar-refractivity contribution in [1.29, 1.82) is 0 Å². The van der Waals surface area contributed by atoms with Gasteiger partial charge in [-0.2, -0.15) is 0 Å². The number of benzene rings is 2. The van der Waals surface area contributed by atoms with Crippen LogP contribution in [0.25, 0.3) is 0 Å².